The predicted molar refractivity (Wildman–Crippen MR) is 84.1 cm³/mol. The van der Waals surface area contributed by atoms with Gasteiger partial charge < -0.3 is 20.9 Å². The van der Waals surface area contributed by atoms with E-state index in [-0.39, 0.29) is 36.6 Å². The number of nitriles is 1. The molecule has 23 heavy (non-hydrogen) atoms. The molecule has 2 saturated heterocycles. The quantitative estimate of drug-likeness (QED) is 0.725. The van der Waals surface area contributed by atoms with E-state index >= 15 is 0 Å². The average Bonchev–Trinajstić information content (AvgIpc) is 3.20. The van der Waals surface area contributed by atoms with Gasteiger partial charge in [-0.1, -0.05) is 6.08 Å². The number of rotatable bonds is 3. The van der Waals surface area contributed by atoms with Crippen molar-refractivity contribution in [3.8, 4) is 6.07 Å². The number of carbonyl (C=O) groups excluding carboxylic acids is 2. The third-order valence-corrected chi connectivity index (χ3v) is 5.29. The van der Waals surface area contributed by atoms with Crippen LogP contribution in [0.1, 0.15) is 26.2 Å². The van der Waals surface area contributed by atoms with E-state index < -0.39 is 0 Å². The van der Waals surface area contributed by atoms with Crippen molar-refractivity contribution in [1.29, 1.82) is 5.26 Å². The summed E-state index contributed by atoms with van der Waals surface area (Å²) in [4.78, 5) is 27.0. The molecule has 2 heterocycles. The minimum atomic E-state index is -0.371. The molecular formula is C16H23N5O2. The molecule has 3 rings (SSSR count). The normalized spacial score (nSPS) is 32.6. The summed E-state index contributed by atoms with van der Waals surface area (Å²) in [6.07, 6.45) is 4.70. The SMILES string of the molecule is CC1C2=CC(NCC(=O)N3CCCC3C#N)CC2CN1C(N)=O. The predicted octanol–water partition coefficient (Wildman–Crippen LogP) is 0.188. The molecule has 3 amide bonds. The van der Waals surface area contributed by atoms with Gasteiger partial charge in [-0.3, -0.25) is 4.79 Å². The molecule has 0 bridgehead atoms. The first-order chi connectivity index (χ1) is 11.0. The Balaban J connectivity index is 1.54. The van der Waals surface area contributed by atoms with E-state index in [4.69, 9.17) is 11.0 Å². The molecule has 0 radical (unpaired) electrons. The summed E-state index contributed by atoms with van der Waals surface area (Å²) >= 11 is 0. The summed E-state index contributed by atoms with van der Waals surface area (Å²) < 4.78 is 0. The number of nitrogens with two attached hydrogens (primary N) is 1. The highest BCUT2D eigenvalue weighted by molar-refractivity contribution is 5.79. The molecule has 7 heteroatoms. The van der Waals surface area contributed by atoms with Gasteiger partial charge in [0.15, 0.2) is 0 Å². The molecular weight excluding hydrogens is 294 g/mol. The van der Waals surface area contributed by atoms with Crippen LogP contribution in [0, 0.1) is 17.2 Å². The summed E-state index contributed by atoms with van der Waals surface area (Å²) in [7, 11) is 0. The van der Waals surface area contributed by atoms with E-state index in [1.807, 2.05) is 6.92 Å². The van der Waals surface area contributed by atoms with Crippen molar-refractivity contribution < 1.29 is 9.59 Å². The second-order valence-corrected chi connectivity index (χ2v) is 6.63. The van der Waals surface area contributed by atoms with E-state index in [9.17, 15) is 9.59 Å². The highest BCUT2D eigenvalue weighted by Gasteiger charge is 2.40. The van der Waals surface area contributed by atoms with Crippen LogP contribution >= 0.6 is 0 Å². The second-order valence-electron chi connectivity index (χ2n) is 6.63. The molecule has 3 N–H and O–H groups in total. The molecule has 2 aliphatic heterocycles. The van der Waals surface area contributed by atoms with Gasteiger partial charge in [0.05, 0.1) is 18.7 Å². The molecule has 0 aromatic rings. The van der Waals surface area contributed by atoms with E-state index in [1.165, 1.54) is 5.57 Å². The van der Waals surface area contributed by atoms with Gasteiger partial charge in [-0.2, -0.15) is 5.26 Å². The average molecular weight is 317 g/mol. The number of likely N-dealkylation sites (tertiary alicyclic amines) is 2. The van der Waals surface area contributed by atoms with Crippen molar-refractivity contribution in [3.63, 3.8) is 0 Å². The molecule has 0 saturated carbocycles. The van der Waals surface area contributed by atoms with Crippen molar-refractivity contribution in [3.05, 3.63) is 11.6 Å². The molecule has 4 unspecified atom stereocenters. The van der Waals surface area contributed by atoms with Gasteiger partial charge in [-0.15, -0.1) is 0 Å². The fourth-order valence-corrected chi connectivity index (χ4v) is 4.06. The van der Waals surface area contributed by atoms with Gasteiger partial charge in [0, 0.05) is 25.0 Å². The minimum absolute atomic E-state index is 0.00341. The molecule has 7 nitrogen and oxygen atoms in total. The Labute approximate surface area is 136 Å². The molecule has 4 atom stereocenters. The highest BCUT2D eigenvalue weighted by Crippen LogP contribution is 2.37. The van der Waals surface area contributed by atoms with E-state index in [2.05, 4.69) is 17.5 Å². The van der Waals surface area contributed by atoms with E-state index in [0.29, 0.717) is 19.0 Å². The Kier molecular flexibility index (Phi) is 4.26. The van der Waals surface area contributed by atoms with Crippen LogP contribution in [0.2, 0.25) is 0 Å². The number of nitrogens with zero attached hydrogens (tertiary/aromatic N) is 3. The number of fused-ring (bicyclic) bond motifs is 1. The molecule has 0 aromatic heterocycles. The van der Waals surface area contributed by atoms with Crippen molar-refractivity contribution in [1.82, 2.24) is 15.1 Å². The lowest BCUT2D eigenvalue weighted by Crippen LogP contribution is -2.43. The van der Waals surface area contributed by atoms with Crippen LogP contribution in [-0.4, -0.2) is 59.5 Å². The van der Waals surface area contributed by atoms with Crippen molar-refractivity contribution in [2.75, 3.05) is 19.6 Å². The van der Waals surface area contributed by atoms with Crippen LogP contribution in [0.5, 0.6) is 0 Å². The standard InChI is InChI=1S/C16H23N5O2/c1-10-14-6-12(5-11(14)9-21(10)16(18)23)19-8-15(22)20-4-2-3-13(20)7-17/h6,10-13,19H,2-5,8-9H2,1H3,(H2,18,23). The lowest BCUT2D eigenvalue weighted by atomic mass is 10.0. The first kappa shape index (κ1) is 15.8. The van der Waals surface area contributed by atoms with Crippen LogP contribution in [-0.2, 0) is 4.79 Å². The van der Waals surface area contributed by atoms with Gasteiger partial charge in [0.1, 0.15) is 6.04 Å². The molecule has 124 valence electrons. The summed E-state index contributed by atoms with van der Waals surface area (Å²) in [5.41, 5.74) is 6.63. The van der Waals surface area contributed by atoms with Crippen molar-refractivity contribution in [2.45, 2.75) is 44.3 Å². The third kappa shape index (κ3) is 2.91. The Bertz CT molecular complexity index is 582. The molecule has 0 aromatic carbocycles. The van der Waals surface area contributed by atoms with Crippen LogP contribution in [0.3, 0.4) is 0 Å². The zero-order valence-electron chi connectivity index (χ0n) is 13.4. The molecule has 0 spiro atoms. The van der Waals surface area contributed by atoms with Crippen molar-refractivity contribution in [2.24, 2.45) is 11.7 Å². The summed E-state index contributed by atoms with van der Waals surface area (Å²) in [5.74, 6) is 0.333. The topological polar surface area (TPSA) is 102 Å². The minimum Gasteiger partial charge on any atom is -0.351 e. The molecule has 3 aliphatic rings. The second kappa shape index (κ2) is 6.20. The fourth-order valence-electron chi connectivity index (χ4n) is 4.06. The van der Waals surface area contributed by atoms with E-state index in [0.717, 1.165) is 19.3 Å². The monoisotopic (exact) mass is 317 g/mol. The Morgan fingerprint density at radius 3 is 2.91 bits per heavy atom. The Morgan fingerprint density at radius 1 is 1.48 bits per heavy atom. The fraction of sp³-hybridized carbons (Fsp3) is 0.688. The molecule has 2 fully saturated rings. The lowest BCUT2D eigenvalue weighted by Gasteiger charge is -2.22. The summed E-state index contributed by atoms with van der Waals surface area (Å²) in [6, 6.07) is 1.75. The molecule has 1 aliphatic carbocycles. The van der Waals surface area contributed by atoms with Gasteiger partial charge >= 0.3 is 6.03 Å². The Hall–Kier alpha value is -2.07. The number of urea groups is 1. The zero-order valence-corrected chi connectivity index (χ0v) is 13.4. The number of hydrogen-bond acceptors (Lipinski definition) is 4. The van der Waals surface area contributed by atoms with Crippen LogP contribution in [0.25, 0.3) is 0 Å². The summed E-state index contributed by atoms with van der Waals surface area (Å²) in [6.45, 7) is 3.59. The maximum atomic E-state index is 12.2. The zero-order chi connectivity index (χ0) is 16.6. The van der Waals surface area contributed by atoms with Gasteiger partial charge in [-0.25, -0.2) is 4.79 Å². The lowest BCUT2D eigenvalue weighted by molar-refractivity contribution is -0.130. The van der Waals surface area contributed by atoms with Crippen LogP contribution in [0.15, 0.2) is 11.6 Å². The van der Waals surface area contributed by atoms with E-state index in [1.54, 1.807) is 9.80 Å². The number of carbonyl (C=O) groups is 2. The number of primary amides is 1. The summed E-state index contributed by atoms with van der Waals surface area (Å²) in [5, 5.41) is 12.3. The Morgan fingerprint density at radius 2 is 2.26 bits per heavy atom. The maximum absolute atomic E-state index is 12.2. The first-order valence-corrected chi connectivity index (χ1v) is 8.21. The number of hydrogen-bond donors (Lipinski definition) is 2. The number of nitrogens with one attached hydrogen (secondary N) is 1. The van der Waals surface area contributed by atoms with Gasteiger partial charge in [0.25, 0.3) is 0 Å². The number of amides is 3. The van der Waals surface area contributed by atoms with Crippen LogP contribution in [0.4, 0.5) is 4.79 Å². The van der Waals surface area contributed by atoms with Crippen LogP contribution < -0.4 is 11.1 Å². The first-order valence-electron chi connectivity index (χ1n) is 8.21. The van der Waals surface area contributed by atoms with Gasteiger partial charge in [-0.05, 0) is 31.8 Å². The smallest absolute Gasteiger partial charge is 0.315 e. The third-order valence-electron chi connectivity index (χ3n) is 5.29. The van der Waals surface area contributed by atoms with Crippen molar-refractivity contribution >= 4 is 11.9 Å². The largest absolute Gasteiger partial charge is 0.351 e. The van der Waals surface area contributed by atoms with Gasteiger partial charge in [0.2, 0.25) is 5.91 Å². The maximum Gasteiger partial charge on any atom is 0.315 e. The highest BCUT2D eigenvalue weighted by atomic mass is 16.2.